The number of H-pyrrole nitrogens is 1. The van der Waals surface area contributed by atoms with E-state index >= 15 is 0 Å². The summed E-state index contributed by atoms with van der Waals surface area (Å²) < 4.78 is 4.57. The fourth-order valence-electron chi connectivity index (χ4n) is 4.26. The molecule has 2 heterocycles. The standard InChI is InChI=1S/C25H36N6O4/c1-5-7-14-31-22(26)21(23(33)27-24(31)34)30(15-12-17(3)4)20(32)13-16-29-19-11-9-8-10-18(19)28(6-2)25(29)35/h8-11,17H,5-7,12-16,26H2,1-4H3,(H,27,33,34). The van der Waals surface area contributed by atoms with Crippen LogP contribution >= 0.6 is 0 Å². The molecule has 1 amide bonds. The van der Waals surface area contributed by atoms with Crippen LogP contribution in [0.25, 0.3) is 11.0 Å². The Bertz CT molecular complexity index is 1360. The van der Waals surface area contributed by atoms with Gasteiger partial charge >= 0.3 is 11.4 Å². The van der Waals surface area contributed by atoms with Gasteiger partial charge in [-0.25, -0.2) is 9.59 Å². The molecule has 35 heavy (non-hydrogen) atoms. The van der Waals surface area contributed by atoms with Crippen molar-refractivity contribution >= 4 is 28.4 Å². The number of carbonyl (C=O) groups excluding carboxylic acids is 1. The van der Waals surface area contributed by atoms with Crippen LogP contribution in [0.15, 0.2) is 38.6 Å². The van der Waals surface area contributed by atoms with Crippen molar-refractivity contribution in [2.24, 2.45) is 5.92 Å². The molecule has 0 aliphatic heterocycles. The molecule has 10 nitrogen and oxygen atoms in total. The maximum atomic E-state index is 13.5. The summed E-state index contributed by atoms with van der Waals surface area (Å²) in [6.07, 6.45) is 2.20. The van der Waals surface area contributed by atoms with E-state index in [0.29, 0.717) is 25.9 Å². The number of amides is 1. The van der Waals surface area contributed by atoms with Gasteiger partial charge in [-0.3, -0.25) is 28.3 Å². The molecule has 0 saturated carbocycles. The molecule has 0 saturated heterocycles. The van der Waals surface area contributed by atoms with Crippen molar-refractivity contribution in [3.05, 3.63) is 55.6 Å². The Morgan fingerprint density at radius 1 is 1.03 bits per heavy atom. The van der Waals surface area contributed by atoms with Gasteiger partial charge in [0.1, 0.15) is 5.82 Å². The summed E-state index contributed by atoms with van der Waals surface area (Å²) in [5, 5.41) is 0. The molecule has 1 aromatic carbocycles. The largest absolute Gasteiger partial charge is 0.383 e. The van der Waals surface area contributed by atoms with Crippen LogP contribution in [0.1, 0.15) is 53.4 Å². The van der Waals surface area contributed by atoms with E-state index in [1.165, 1.54) is 9.47 Å². The SMILES string of the molecule is CCCCn1c(N)c(N(CCC(C)C)C(=O)CCn2c(=O)n(CC)c3ccccc32)c(=O)[nH]c1=O. The Morgan fingerprint density at radius 3 is 2.29 bits per heavy atom. The lowest BCUT2D eigenvalue weighted by Gasteiger charge is -2.25. The molecule has 3 N–H and O–H groups in total. The highest BCUT2D eigenvalue weighted by molar-refractivity contribution is 5.95. The van der Waals surface area contributed by atoms with Gasteiger partial charge in [-0.2, -0.15) is 0 Å². The van der Waals surface area contributed by atoms with Crippen LogP contribution in [-0.2, 0) is 24.4 Å². The molecule has 0 radical (unpaired) electrons. The van der Waals surface area contributed by atoms with Gasteiger partial charge in [-0.05, 0) is 37.8 Å². The Morgan fingerprint density at radius 2 is 1.69 bits per heavy atom. The normalized spacial score (nSPS) is 11.5. The second-order valence-electron chi connectivity index (χ2n) is 9.14. The van der Waals surface area contributed by atoms with E-state index in [9.17, 15) is 19.2 Å². The first-order chi connectivity index (χ1) is 16.7. The highest BCUT2D eigenvalue weighted by Crippen LogP contribution is 2.20. The lowest BCUT2D eigenvalue weighted by molar-refractivity contribution is -0.118. The van der Waals surface area contributed by atoms with E-state index < -0.39 is 11.2 Å². The molecular formula is C25H36N6O4. The topological polar surface area (TPSA) is 128 Å². The number of rotatable bonds is 11. The molecule has 190 valence electrons. The summed E-state index contributed by atoms with van der Waals surface area (Å²) in [6.45, 7) is 9.26. The van der Waals surface area contributed by atoms with E-state index in [1.54, 1.807) is 9.13 Å². The van der Waals surface area contributed by atoms with Crippen LogP contribution in [0.5, 0.6) is 0 Å². The molecule has 0 bridgehead atoms. The molecule has 0 fully saturated rings. The van der Waals surface area contributed by atoms with Crippen molar-refractivity contribution in [2.45, 2.75) is 73.0 Å². The second-order valence-corrected chi connectivity index (χ2v) is 9.14. The van der Waals surface area contributed by atoms with Gasteiger partial charge in [0.2, 0.25) is 5.91 Å². The number of aromatic amines is 1. The molecule has 0 unspecified atom stereocenters. The van der Waals surface area contributed by atoms with Crippen molar-refractivity contribution in [2.75, 3.05) is 17.2 Å². The number of imidazole rings is 1. The fraction of sp³-hybridized carbons (Fsp3) is 0.520. The monoisotopic (exact) mass is 484 g/mol. The predicted octanol–water partition coefficient (Wildman–Crippen LogP) is 2.52. The fourth-order valence-corrected chi connectivity index (χ4v) is 4.26. The van der Waals surface area contributed by atoms with Crippen LogP contribution in [0.3, 0.4) is 0 Å². The maximum Gasteiger partial charge on any atom is 0.330 e. The summed E-state index contributed by atoms with van der Waals surface area (Å²) in [5.41, 5.74) is 6.41. The Labute approximate surface area is 204 Å². The molecule has 0 aliphatic carbocycles. The molecule has 0 atom stereocenters. The number of aryl methyl sites for hydroxylation is 2. The number of benzene rings is 1. The number of nitrogens with one attached hydrogen (secondary N) is 1. The van der Waals surface area contributed by atoms with E-state index in [1.807, 2.05) is 52.0 Å². The summed E-state index contributed by atoms with van der Waals surface area (Å²) in [6, 6.07) is 7.47. The van der Waals surface area contributed by atoms with E-state index in [0.717, 1.165) is 17.5 Å². The third kappa shape index (κ3) is 5.41. The van der Waals surface area contributed by atoms with Crippen molar-refractivity contribution in [1.82, 2.24) is 18.7 Å². The van der Waals surface area contributed by atoms with Crippen LogP contribution in [-0.4, -0.2) is 31.1 Å². The number of nitrogens with two attached hydrogens (primary N) is 1. The summed E-state index contributed by atoms with van der Waals surface area (Å²) in [7, 11) is 0. The zero-order valence-corrected chi connectivity index (χ0v) is 21.0. The zero-order chi connectivity index (χ0) is 25.7. The van der Waals surface area contributed by atoms with Crippen molar-refractivity contribution < 1.29 is 4.79 Å². The average Bonchev–Trinajstić information content (AvgIpc) is 3.09. The molecular weight excluding hydrogens is 448 g/mol. The Kier molecular flexibility index (Phi) is 8.37. The number of nitrogens with zero attached hydrogens (tertiary/aromatic N) is 4. The number of carbonyl (C=O) groups is 1. The summed E-state index contributed by atoms with van der Waals surface area (Å²) in [4.78, 5) is 55.3. The van der Waals surface area contributed by atoms with Crippen molar-refractivity contribution in [3.63, 3.8) is 0 Å². The average molecular weight is 485 g/mol. The third-order valence-electron chi connectivity index (χ3n) is 6.24. The molecule has 0 aliphatic rings. The Balaban J connectivity index is 1.98. The number of hydrogen-bond acceptors (Lipinski definition) is 5. The number of unbranched alkanes of at least 4 members (excludes halogenated alkanes) is 1. The van der Waals surface area contributed by atoms with Gasteiger partial charge in [0.05, 0.1) is 11.0 Å². The molecule has 3 rings (SSSR count). The lowest BCUT2D eigenvalue weighted by Crippen LogP contribution is -2.42. The summed E-state index contributed by atoms with van der Waals surface area (Å²) >= 11 is 0. The van der Waals surface area contributed by atoms with Crippen LogP contribution < -0.4 is 27.6 Å². The first-order valence-electron chi connectivity index (χ1n) is 12.3. The van der Waals surface area contributed by atoms with Gasteiger partial charge in [0.15, 0.2) is 5.69 Å². The van der Waals surface area contributed by atoms with E-state index in [4.69, 9.17) is 5.73 Å². The number of nitrogen functional groups attached to an aromatic ring is 1. The van der Waals surface area contributed by atoms with Gasteiger partial charge in [0.25, 0.3) is 5.56 Å². The van der Waals surface area contributed by atoms with Crippen LogP contribution in [0.2, 0.25) is 0 Å². The van der Waals surface area contributed by atoms with Gasteiger partial charge in [-0.15, -0.1) is 0 Å². The van der Waals surface area contributed by atoms with Gasteiger partial charge in [-0.1, -0.05) is 39.3 Å². The smallest absolute Gasteiger partial charge is 0.330 e. The Hall–Kier alpha value is -3.56. The maximum absolute atomic E-state index is 13.5. The number of anilines is 2. The van der Waals surface area contributed by atoms with Crippen molar-refractivity contribution in [1.29, 1.82) is 0 Å². The zero-order valence-electron chi connectivity index (χ0n) is 21.0. The minimum absolute atomic E-state index is 0.00267. The first kappa shape index (κ1) is 26.1. The number of fused-ring (bicyclic) bond motifs is 1. The third-order valence-corrected chi connectivity index (χ3v) is 6.24. The predicted molar refractivity (Wildman–Crippen MR) is 139 cm³/mol. The molecule has 0 spiro atoms. The number of aromatic nitrogens is 4. The quantitative estimate of drug-likeness (QED) is 0.432. The summed E-state index contributed by atoms with van der Waals surface area (Å²) in [5.74, 6) is -0.0606. The minimum atomic E-state index is -0.683. The van der Waals surface area contributed by atoms with E-state index in [-0.39, 0.29) is 48.5 Å². The minimum Gasteiger partial charge on any atom is -0.383 e. The van der Waals surface area contributed by atoms with Gasteiger partial charge in [0, 0.05) is 32.6 Å². The molecule has 3 aromatic rings. The van der Waals surface area contributed by atoms with E-state index in [2.05, 4.69) is 4.98 Å². The molecule has 2 aromatic heterocycles. The van der Waals surface area contributed by atoms with Crippen LogP contribution in [0, 0.1) is 5.92 Å². The van der Waals surface area contributed by atoms with Gasteiger partial charge < -0.3 is 10.6 Å². The first-order valence-corrected chi connectivity index (χ1v) is 12.3. The number of hydrogen-bond donors (Lipinski definition) is 2. The number of para-hydroxylation sites is 2. The molecule has 10 heteroatoms. The van der Waals surface area contributed by atoms with Crippen molar-refractivity contribution in [3.8, 4) is 0 Å². The lowest BCUT2D eigenvalue weighted by atomic mass is 10.1. The van der Waals surface area contributed by atoms with Crippen LogP contribution in [0.4, 0.5) is 11.5 Å². The second kappa shape index (κ2) is 11.2. The highest BCUT2D eigenvalue weighted by Gasteiger charge is 2.25. The highest BCUT2D eigenvalue weighted by atomic mass is 16.2.